The molecule has 0 fully saturated rings. The third-order valence-electron chi connectivity index (χ3n) is 0.527. The van der Waals surface area contributed by atoms with Gasteiger partial charge in [-0.2, -0.15) is 0 Å². The van der Waals surface area contributed by atoms with Gasteiger partial charge in [-0.05, 0) is 5.70 Å². The van der Waals surface area contributed by atoms with Crippen LogP contribution < -0.4 is 34.9 Å². The zero-order chi connectivity index (χ0) is 6.57. The molecule has 0 radical (unpaired) electrons. The Balaban J connectivity index is 0. The molecule has 0 saturated heterocycles. The quantitative estimate of drug-likeness (QED) is 0.343. The van der Waals surface area contributed by atoms with E-state index >= 15 is 0 Å². The molecule has 0 aliphatic rings. The summed E-state index contributed by atoms with van der Waals surface area (Å²) < 4.78 is 0. The minimum atomic E-state index is -0.111. The fourth-order valence-corrected chi connectivity index (χ4v) is 0.357. The topological polar surface area (TPSA) is 29.1 Å². The van der Waals surface area contributed by atoms with Crippen LogP contribution in [0.25, 0.3) is 0 Å². The summed E-state index contributed by atoms with van der Waals surface area (Å²) in [5.74, 6) is 0.277. The molecular formula is C5H8NNaOS. The Kier molecular flexibility index (Phi) is 9.09. The Morgan fingerprint density at radius 1 is 1.78 bits per heavy atom. The van der Waals surface area contributed by atoms with Crippen LogP contribution in [-0.4, -0.2) is 11.7 Å². The van der Waals surface area contributed by atoms with Crippen LogP contribution in [0.4, 0.5) is 0 Å². The van der Waals surface area contributed by atoms with Crippen molar-refractivity contribution in [2.24, 2.45) is 0 Å². The molecule has 0 rings (SSSR count). The zero-order valence-corrected chi connectivity index (χ0v) is 8.55. The number of rotatable bonds is 2. The van der Waals surface area contributed by atoms with Gasteiger partial charge in [0.1, 0.15) is 0 Å². The Morgan fingerprint density at radius 2 is 2.22 bits per heavy atom. The van der Waals surface area contributed by atoms with E-state index in [1.54, 1.807) is 0 Å². The van der Waals surface area contributed by atoms with Crippen molar-refractivity contribution in [2.45, 2.75) is 6.92 Å². The second-order valence-electron chi connectivity index (χ2n) is 1.43. The fourth-order valence-electron chi connectivity index (χ4n) is 0.285. The Bertz CT molecular complexity index is 116. The first kappa shape index (κ1) is 12.3. The van der Waals surface area contributed by atoms with E-state index in [-0.39, 0.29) is 35.5 Å². The molecule has 1 amide bonds. The molecule has 0 spiro atoms. The molecule has 0 aromatic heterocycles. The Labute approximate surface area is 82.8 Å². The summed E-state index contributed by atoms with van der Waals surface area (Å²) in [5, 5.41) is 2.45. The molecule has 0 unspecified atom stereocenters. The average Bonchev–Trinajstić information content (AvgIpc) is 1.65. The van der Waals surface area contributed by atoms with Gasteiger partial charge in [-0.15, -0.1) is 5.75 Å². The SMILES string of the molecule is C=C(C[S-])NC(C)=O.[Na+]. The molecule has 0 aromatic carbocycles. The van der Waals surface area contributed by atoms with Gasteiger partial charge in [-0.3, -0.25) is 4.79 Å². The maximum Gasteiger partial charge on any atom is 1.00 e. The zero-order valence-electron chi connectivity index (χ0n) is 5.73. The van der Waals surface area contributed by atoms with Gasteiger partial charge in [-0.25, -0.2) is 0 Å². The molecule has 1 N–H and O–H groups in total. The summed E-state index contributed by atoms with van der Waals surface area (Å²) in [6, 6.07) is 0. The maximum atomic E-state index is 10.2. The first-order valence-corrected chi connectivity index (χ1v) is 2.78. The third kappa shape index (κ3) is 8.56. The average molecular weight is 153 g/mol. The van der Waals surface area contributed by atoms with Crippen molar-refractivity contribution in [2.75, 3.05) is 5.75 Å². The molecule has 0 aliphatic carbocycles. The van der Waals surface area contributed by atoms with E-state index in [4.69, 9.17) is 0 Å². The standard InChI is InChI=1S/C5H9NOS.Na/c1-4(3-8)6-5(2)7;/h8H,1,3H2,2H3,(H,6,7);/q;+1/p-1. The normalized spacial score (nSPS) is 7.33. The number of carbonyl (C=O) groups is 1. The molecule has 2 nitrogen and oxygen atoms in total. The van der Waals surface area contributed by atoms with Crippen LogP contribution in [0.3, 0.4) is 0 Å². The van der Waals surface area contributed by atoms with Crippen molar-refractivity contribution in [3.05, 3.63) is 12.3 Å². The summed E-state index contributed by atoms with van der Waals surface area (Å²) in [7, 11) is 0. The van der Waals surface area contributed by atoms with Crippen molar-refractivity contribution in [1.29, 1.82) is 0 Å². The van der Waals surface area contributed by atoms with Gasteiger partial charge in [0.25, 0.3) is 0 Å². The third-order valence-corrected chi connectivity index (χ3v) is 0.876. The number of hydrogen-bond acceptors (Lipinski definition) is 2. The predicted molar refractivity (Wildman–Crippen MR) is 35.2 cm³/mol. The van der Waals surface area contributed by atoms with Gasteiger partial charge in [-0.1, -0.05) is 6.58 Å². The van der Waals surface area contributed by atoms with Gasteiger partial charge >= 0.3 is 29.6 Å². The van der Waals surface area contributed by atoms with E-state index in [1.165, 1.54) is 6.92 Å². The summed E-state index contributed by atoms with van der Waals surface area (Å²) in [6.45, 7) is 4.90. The Morgan fingerprint density at radius 3 is 2.33 bits per heavy atom. The van der Waals surface area contributed by atoms with Gasteiger partial charge in [0.05, 0.1) is 0 Å². The van der Waals surface area contributed by atoms with Crippen LogP contribution in [-0.2, 0) is 17.4 Å². The van der Waals surface area contributed by atoms with Crippen LogP contribution in [0.2, 0.25) is 0 Å². The molecule has 4 heteroatoms. The van der Waals surface area contributed by atoms with E-state index in [2.05, 4.69) is 24.5 Å². The first-order valence-electron chi connectivity index (χ1n) is 2.20. The van der Waals surface area contributed by atoms with E-state index < -0.39 is 0 Å². The van der Waals surface area contributed by atoms with Crippen LogP contribution in [0.5, 0.6) is 0 Å². The number of hydrogen-bond donors (Lipinski definition) is 1. The van der Waals surface area contributed by atoms with Crippen molar-refractivity contribution >= 4 is 18.5 Å². The summed E-state index contributed by atoms with van der Waals surface area (Å²) in [5.41, 5.74) is 0.590. The number of amides is 1. The van der Waals surface area contributed by atoms with Gasteiger partial charge < -0.3 is 17.9 Å². The van der Waals surface area contributed by atoms with Crippen LogP contribution in [0.1, 0.15) is 6.92 Å². The molecular weight excluding hydrogens is 145 g/mol. The monoisotopic (exact) mass is 153 g/mol. The predicted octanol–water partition coefficient (Wildman–Crippen LogP) is -2.81. The Hall–Kier alpha value is 0.560. The minimum absolute atomic E-state index is 0. The van der Waals surface area contributed by atoms with E-state index in [9.17, 15) is 4.79 Å². The maximum absolute atomic E-state index is 10.2. The molecule has 0 aliphatic heterocycles. The van der Waals surface area contributed by atoms with E-state index in [0.29, 0.717) is 11.4 Å². The summed E-state index contributed by atoms with van der Waals surface area (Å²) >= 11 is 4.58. The van der Waals surface area contributed by atoms with Crippen LogP contribution >= 0.6 is 0 Å². The summed E-state index contributed by atoms with van der Waals surface area (Å²) in [6.07, 6.45) is 0. The van der Waals surface area contributed by atoms with Crippen molar-refractivity contribution in [1.82, 2.24) is 5.32 Å². The molecule has 9 heavy (non-hydrogen) atoms. The molecule has 0 saturated carbocycles. The van der Waals surface area contributed by atoms with E-state index in [0.717, 1.165) is 0 Å². The summed E-state index contributed by atoms with van der Waals surface area (Å²) in [4.78, 5) is 10.2. The van der Waals surface area contributed by atoms with Gasteiger partial charge in [0.15, 0.2) is 0 Å². The molecule has 46 valence electrons. The van der Waals surface area contributed by atoms with Crippen LogP contribution in [0.15, 0.2) is 12.3 Å². The minimum Gasteiger partial charge on any atom is -0.787 e. The molecule has 0 bridgehead atoms. The first-order chi connectivity index (χ1) is 3.66. The van der Waals surface area contributed by atoms with Crippen LogP contribution in [0, 0.1) is 0 Å². The van der Waals surface area contributed by atoms with Gasteiger partial charge in [0.2, 0.25) is 5.91 Å². The second kappa shape index (κ2) is 6.68. The van der Waals surface area contributed by atoms with Gasteiger partial charge in [0, 0.05) is 6.92 Å². The second-order valence-corrected chi connectivity index (χ2v) is 1.72. The largest absolute Gasteiger partial charge is 1.00 e. The molecule has 0 atom stereocenters. The molecule has 0 aromatic rings. The smallest absolute Gasteiger partial charge is 0.787 e. The number of carbonyl (C=O) groups excluding carboxylic acids is 1. The molecule has 0 heterocycles. The fraction of sp³-hybridized carbons (Fsp3) is 0.400. The van der Waals surface area contributed by atoms with Crippen molar-refractivity contribution in [3.8, 4) is 0 Å². The van der Waals surface area contributed by atoms with E-state index in [1.807, 2.05) is 0 Å². The number of nitrogens with one attached hydrogen (secondary N) is 1. The van der Waals surface area contributed by atoms with Crippen molar-refractivity contribution in [3.63, 3.8) is 0 Å². The van der Waals surface area contributed by atoms with Crippen molar-refractivity contribution < 1.29 is 34.4 Å².